The van der Waals surface area contributed by atoms with E-state index in [1.807, 2.05) is 23.9 Å². The predicted octanol–water partition coefficient (Wildman–Crippen LogP) is 2.00. The van der Waals surface area contributed by atoms with Gasteiger partial charge in [0.2, 0.25) is 0 Å². The monoisotopic (exact) mass is 261 g/mol. The van der Waals surface area contributed by atoms with Crippen molar-refractivity contribution in [3.8, 4) is 0 Å². The highest BCUT2D eigenvalue weighted by Gasteiger charge is 1.92. The van der Waals surface area contributed by atoms with E-state index in [1.165, 1.54) is 6.21 Å². The highest BCUT2D eigenvalue weighted by Crippen LogP contribution is 2.03. The molecule has 0 aliphatic heterocycles. The van der Waals surface area contributed by atoms with Gasteiger partial charge in [-0.1, -0.05) is 0 Å². The molecule has 0 bridgehead atoms. The molecule has 1 N–H and O–H groups in total. The maximum Gasteiger partial charge on any atom is 0.175 e. The molecule has 0 saturated carbocycles. The molecule has 0 radical (unpaired) electrons. The quantitative estimate of drug-likeness (QED) is 0.642. The van der Waals surface area contributed by atoms with Crippen LogP contribution in [0.2, 0.25) is 0 Å². The first kappa shape index (κ1) is 8.45. The molecule has 0 spiro atoms. The topological polar surface area (TPSA) is 41.7 Å². The zero-order chi connectivity index (χ0) is 8.27. The number of nitrogens with zero attached hydrogens (tertiary/aromatic N) is 2. The van der Waals surface area contributed by atoms with Gasteiger partial charge in [0.25, 0.3) is 0 Å². The Labute approximate surface area is 78.8 Å². The maximum atomic E-state index is 6.95. The van der Waals surface area contributed by atoms with Crippen molar-refractivity contribution in [1.29, 1.82) is 5.41 Å². The summed E-state index contributed by atoms with van der Waals surface area (Å²) in [5.41, 5.74) is 0.904. The van der Waals surface area contributed by atoms with Crippen LogP contribution in [0.15, 0.2) is 18.0 Å². The molecular formula is C7H8IN3. The van der Waals surface area contributed by atoms with E-state index in [2.05, 4.69) is 27.6 Å². The molecule has 1 aromatic heterocycles. The van der Waals surface area contributed by atoms with Crippen molar-refractivity contribution in [2.24, 2.45) is 0 Å². The normalized spacial score (nSPS) is 11.6. The number of hydrogen-bond acceptors (Lipinski definition) is 2. The fourth-order valence-electron chi connectivity index (χ4n) is 0.648. The standard InChI is InChI=1S/C7H8IN3/c1-6(4-9)5-11-3-2-10-7(11)8/h2-5,9H,1H3/b6-5-,9-4?. The van der Waals surface area contributed by atoms with Crippen molar-refractivity contribution in [2.45, 2.75) is 6.92 Å². The number of halogens is 1. The van der Waals surface area contributed by atoms with E-state index in [0.717, 1.165) is 9.40 Å². The number of allylic oxidation sites excluding steroid dienone is 1. The average Bonchev–Trinajstić information content (AvgIpc) is 2.37. The van der Waals surface area contributed by atoms with Crippen molar-refractivity contribution >= 4 is 35.0 Å². The number of rotatable bonds is 2. The van der Waals surface area contributed by atoms with Gasteiger partial charge in [-0.05, 0) is 12.5 Å². The maximum absolute atomic E-state index is 6.95. The van der Waals surface area contributed by atoms with Crippen LogP contribution in [0, 0.1) is 9.24 Å². The molecule has 0 aliphatic carbocycles. The van der Waals surface area contributed by atoms with E-state index in [0.29, 0.717) is 0 Å². The van der Waals surface area contributed by atoms with Crippen LogP contribution in [-0.2, 0) is 0 Å². The molecule has 0 fully saturated rings. The molecule has 0 amide bonds. The highest BCUT2D eigenvalue weighted by molar-refractivity contribution is 14.1. The van der Waals surface area contributed by atoms with Crippen LogP contribution in [0.1, 0.15) is 6.92 Å². The third-order valence-electron chi connectivity index (χ3n) is 1.19. The molecule has 1 rings (SSSR count). The van der Waals surface area contributed by atoms with Crippen LogP contribution in [-0.4, -0.2) is 15.8 Å². The largest absolute Gasteiger partial charge is 0.308 e. The molecule has 11 heavy (non-hydrogen) atoms. The number of nitrogens with one attached hydrogen (secondary N) is 1. The molecular weight excluding hydrogens is 253 g/mol. The first-order valence-electron chi connectivity index (χ1n) is 3.11. The Balaban J connectivity index is 2.94. The summed E-state index contributed by atoms with van der Waals surface area (Å²) in [6, 6.07) is 0. The molecule has 0 aliphatic rings. The van der Waals surface area contributed by atoms with Gasteiger partial charge in [0.15, 0.2) is 3.83 Å². The van der Waals surface area contributed by atoms with Crippen LogP contribution in [0.4, 0.5) is 0 Å². The molecule has 58 valence electrons. The summed E-state index contributed by atoms with van der Waals surface area (Å²) in [6.07, 6.45) is 6.77. The van der Waals surface area contributed by atoms with E-state index < -0.39 is 0 Å². The van der Waals surface area contributed by atoms with Crippen LogP contribution in [0.3, 0.4) is 0 Å². The van der Waals surface area contributed by atoms with Crippen LogP contribution >= 0.6 is 22.6 Å². The number of aromatic nitrogens is 2. The first-order valence-corrected chi connectivity index (χ1v) is 4.19. The summed E-state index contributed by atoms with van der Waals surface area (Å²) in [5, 5.41) is 6.95. The van der Waals surface area contributed by atoms with Crippen LogP contribution in [0.25, 0.3) is 6.20 Å². The van der Waals surface area contributed by atoms with Gasteiger partial charge in [0, 0.05) is 47.4 Å². The van der Waals surface area contributed by atoms with E-state index in [1.54, 1.807) is 6.20 Å². The van der Waals surface area contributed by atoms with E-state index >= 15 is 0 Å². The Morgan fingerprint density at radius 2 is 2.55 bits per heavy atom. The highest BCUT2D eigenvalue weighted by atomic mass is 127. The second-order valence-corrected chi connectivity index (χ2v) is 3.09. The lowest BCUT2D eigenvalue weighted by Gasteiger charge is -1.94. The predicted molar refractivity (Wildman–Crippen MR) is 53.7 cm³/mol. The summed E-state index contributed by atoms with van der Waals surface area (Å²) < 4.78 is 2.78. The molecule has 0 atom stereocenters. The zero-order valence-electron chi connectivity index (χ0n) is 6.08. The number of hydrogen-bond donors (Lipinski definition) is 1. The van der Waals surface area contributed by atoms with Gasteiger partial charge in [-0.3, -0.25) is 0 Å². The molecule has 1 aromatic rings. The third-order valence-corrected chi connectivity index (χ3v) is 2.03. The Hall–Kier alpha value is -0.650. The minimum absolute atomic E-state index is 0.904. The van der Waals surface area contributed by atoms with Gasteiger partial charge in [0.05, 0.1) is 0 Å². The minimum atomic E-state index is 0.904. The lowest BCUT2D eigenvalue weighted by atomic mass is 10.4. The molecule has 0 aromatic carbocycles. The molecule has 3 nitrogen and oxygen atoms in total. The Morgan fingerprint density at radius 3 is 3.00 bits per heavy atom. The van der Waals surface area contributed by atoms with Crippen molar-refractivity contribution in [3.63, 3.8) is 0 Å². The first-order chi connectivity index (χ1) is 5.24. The zero-order valence-corrected chi connectivity index (χ0v) is 8.24. The summed E-state index contributed by atoms with van der Waals surface area (Å²) >= 11 is 2.14. The Bertz CT molecular complexity index is 288. The van der Waals surface area contributed by atoms with Gasteiger partial charge in [-0.25, -0.2) is 4.98 Å². The number of imidazole rings is 1. The molecule has 0 saturated heterocycles. The van der Waals surface area contributed by atoms with Crippen molar-refractivity contribution in [3.05, 3.63) is 21.8 Å². The van der Waals surface area contributed by atoms with Crippen molar-refractivity contribution < 1.29 is 0 Å². The molecule has 1 heterocycles. The van der Waals surface area contributed by atoms with Gasteiger partial charge in [-0.2, -0.15) is 0 Å². The van der Waals surface area contributed by atoms with Gasteiger partial charge in [-0.15, -0.1) is 0 Å². The summed E-state index contributed by atoms with van der Waals surface area (Å²) in [6.45, 7) is 1.88. The summed E-state index contributed by atoms with van der Waals surface area (Å²) in [7, 11) is 0. The fraction of sp³-hybridized carbons (Fsp3) is 0.143. The molecule has 4 heteroatoms. The minimum Gasteiger partial charge on any atom is -0.308 e. The summed E-state index contributed by atoms with van der Waals surface area (Å²) in [5.74, 6) is 0. The average molecular weight is 261 g/mol. The SMILES string of the molecule is C/C(C=N)=C/n1ccnc1I. The van der Waals surface area contributed by atoms with E-state index in [-0.39, 0.29) is 0 Å². The summed E-state index contributed by atoms with van der Waals surface area (Å²) in [4.78, 5) is 4.03. The van der Waals surface area contributed by atoms with Crippen molar-refractivity contribution in [1.82, 2.24) is 9.55 Å². The van der Waals surface area contributed by atoms with Crippen molar-refractivity contribution in [2.75, 3.05) is 0 Å². The lowest BCUT2D eigenvalue weighted by Crippen LogP contribution is -1.89. The second kappa shape index (κ2) is 3.66. The van der Waals surface area contributed by atoms with E-state index in [9.17, 15) is 0 Å². The van der Waals surface area contributed by atoms with E-state index in [4.69, 9.17) is 5.41 Å². The lowest BCUT2D eigenvalue weighted by molar-refractivity contribution is 1.07. The third kappa shape index (κ3) is 2.14. The van der Waals surface area contributed by atoms with Gasteiger partial charge < -0.3 is 9.98 Å². The second-order valence-electron chi connectivity index (χ2n) is 2.12. The van der Waals surface area contributed by atoms with Crippen LogP contribution < -0.4 is 0 Å². The van der Waals surface area contributed by atoms with Gasteiger partial charge in [0.1, 0.15) is 0 Å². The smallest absolute Gasteiger partial charge is 0.175 e. The van der Waals surface area contributed by atoms with Gasteiger partial charge >= 0.3 is 0 Å². The Morgan fingerprint density at radius 1 is 1.82 bits per heavy atom. The van der Waals surface area contributed by atoms with Crippen LogP contribution in [0.5, 0.6) is 0 Å². The fourth-order valence-corrected chi connectivity index (χ4v) is 1.11. The molecule has 0 unspecified atom stereocenters. The Kier molecular flexibility index (Phi) is 2.81.